The van der Waals surface area contributed by atoms with Crippen LogP contribution in [-0.2, 0) is 10.0 Å². The molecule has 0 radical (unpaired) electrons. The number of hydrogen-bond donors (Lipinski definition) is 1. The van der Waals surface area contributed by atoms with Gasteiger partial charge in [-0.15, -0.1) is 0 Å². The second-order valence-corrected chi connectivity index (χ2v) is 6.99. The highest BCUT2D eigenvalue weighted by molar-refractivity contribution is 7.89. The molecule has 1 aromatic carbocycles. The molecule has 0 aromatic heterocycles. The number of rotatable bonds is 4. The molecular weight excluding hydrogens is 248 g/mol. The van der Waals surface area contributed by atoms with Crippen molar-refractivity contribution in [3.63, 3.8) is 0 Å². The second kappa shape index (κ2) is 4.38. The Morgan fingerprint density at radius 2 is 2.11 bits per heavy atom. The minimum Gasteiger partial charge on any atom is -0.211 e. The topological polar surface area (TPSA) is 70.0 Å². The van der Waals surface area contributed by atoms with Crippen molar-refractivity contribution in [1.29, 1.82) is 5.26 Å². The Balaban J connectivity index is 2.19. The van der Waals surface area contributed by atoms with Crippen LogP contribution in [0.4, 0.5) is 0 Å². The molecule has 0 aliphatic heterocycles. The molecule has 1 fully saturated rings. The van der Waals surface area contributed by atoms with Gasteiger partial charge in [0.15, 0.2) is 0 Å². The Kier molecular flexibility index (Phi) is 3.18. The van der Waals surface area contributed by atoms with Crippen LogP contribution in [0, 0.1) is 23.7 Å². The molecule has 0 atom stereocenters. The highest BCUT2D eigenvalue weighted by Crippen LogP contribution is 2.44. The van der Waals surface area contributed by atoms with Crippen molar-refractivity contribution in [2.45, 2.75) is 31.6 Å². The molecule has 0 saturated heterocycles. The predicted molar refractivity (Wildman–Crippen MR) is 68.4 cm³/mol. The SMILES string of the molecule is Cc1cc(S(=O)(=O)NCC2(C)CC2)ccc1C#N. The number of nitrogens with zero attached hydrogens (tertiary/aromatic N) is 1. The Labute approximate surface area is 108 Å². The van der Waals surface area contributed by atoms with E-state index in [4.69, 9.17) is 5.26 Å². The van der Waals surface area contributed by atoms with Gasteiger partial charge < -0.3 is 0 Å². The first-order valence-electron chi connectivity index (χ1n) is 5.87. The number of benzene rings is 1. The van der Waals surface area contributed by atoms with E-state index in [1.165, 1.54) is 12.1 Å². The lowest BCUT2D eigenvalue weighted by Gasteiger charge is -2.11. The second-order valence-electron chi connectivity index (χ2n) is 5.22. The standard InChI is InChI=1S/C13H16N2O2S/c1-10-7-12(4-3-11(10)8-14)18(16,17)15-9-13(2)5-6-13/h3-4,7,15H,5-6,9H2,1-2H3. The summed E-state index contributed by atoms with van der Waals surface area (Å²) in [5, 5.41) is 8.82. The van der Waals surface area contributed by atoms with Gasteiger partial charge in [-0.3, -0.25) is 0 Å². The zero-order valence-corrected chi connectivity index (χ0v) is 11.3. The molecule has 0 unspecified atom stereocenters. The first-order chi connectivity index (χ1) is 8.36. The number of nitriles is 1. The maximum Gasteiger partial charge on any atom is 0.240 e. The van der Waals surface area contributed by atoms with Crippen LogP contribution >= 0.6 is 0 Å². The van der Waals surface area contributed by atoms with E-state index in [-0.39, 0.29) is 10.3 Å². The fraction of sp³-hybridized carbons (Fsp3) is 0.462. The van der Waals surface area contributed by atoms with Crippen molar-refractivity contribution in [3.8, 4) is 6.07 Å². The van der Waals surface area contributed by atoms with Crippen LogP contribution in [0.5, 0.6) is 0 Å². The third-order valence-electron chi connectivity index (χ3n) is 3.42. The Morgan fingerprint density at radius 1 is 1.44 bits per heavy atom. The molecule has 0 spiro atoms. The van der Waals surface area contributed by atoms with E-state index in [0.29, 0.717) is 17.7 Å². The highest BCUT2D eigenvalue weighted by atomic mass is 32.2. The minimum absolute atomic E-state index is 0.134. The Hall–Kier alpha value is -1.38. The van der Waals surface area contributed by atoms with Gasteiger partial charge in [0.05, 0.1) is 16.5 Å². The van der Waals surface area contributed by atoms with Crippen molar-refractivity contribution in [3.05, 3.63) is 29.3 Å². The maximum absolute atomic E-state index is 12.1. The highest BCUT2D eigenvalue weighted by Gasteiger charge is 2.38. The van der Waals surface area contributed by atoms with Gasteiger partial charge in [0.1, 0.15) is 0 Å². The zero-order valence-electron chi connectivity index (χ0n) is 10.5. The summed E-state index contributed by atoms with van der Waals surface area (Å²) in [6.45, 7) is 4.29. The smallest absolute Gasteiger partial charge is 0.211 e. The first kappa shape index (κ1) is 13.1. The molecule has 96 valence electrons. The van der Waals surface area contributed by atoms with E-state index >= 15 is 0 Å². The third kappa shape index (κ3) is 2.71. The van der Waals surface area contributed by atoms with E-state index in [0.717, 1.165) is 12.8 Å². The largest absolute Gasteiger partial charge is 0.240 e. The molecule has 18 heavy (non-hydrogen) atoms. The molecule has 0 bridgehead atoms. The van der Waals surface area contributed by atoms with Crippen LogP contribution in [0.15, 0.2) is 23.1 Å². The normalized spacial score (nSPS) is 17.2. The van der Waals surface area contributed by atoms with Crippen LogP contribution in [0.1, 0.15) is 30.9 Å². The third-order valence-corrected chi connectivity index (χ3v) is 4.82. The summed E-state index contributed by atoms with van der Waals surface area (Å²) in [4.78, 5) is 0.225. The molecule has 2 rings (SSSR count). The minimum atomic E-state index is -3.46. The number of sulfonamides is 1. The Morgan fingerprint density at radius 3 is 2.61 bits per heavy atom. The lowest BCUT2D eigenvalue weighted by atomic mass is 10.1. The van der Waals surface area contributed by atoms with Crippen LogP contribution in [-0.4, -0.2) is 15.0 Å². The lowest BCUT2D eigenvalue weighted by molar-refractivity contribution is 0.530. The zero-order chi connectivity index (χ0) is 13.4. The van der Waals surface area contributed by atoms with Gasteiger partial charge >= 0.3 is 0 Å². The molecule has 5 heteroatoms. The van der Waals surface area contributed by atoms with Crippen molar-refractivity contribution >= 4 is 10.0 Å². The van der Waals surface area contributed by atoms with Crippen LogP contribution < -0.4 is 4.72 Å². The molecule has 0 amide bonds. The fourth-order valence-electron chi connectivity index (χ4n) is 1.67. The maximum atomic E-state index is 12.1. The van der Waals surface area contributed by atoms with Gasteiger partial charge in [-0.25, -0.2) is 13.1 Å². The summed E-state index contributed by atoms with van der Waals surface area (Å²) in [6, 6.07) is 6.58. The van der Waals surface area contributed by atoms with Crippen LogP contribution in [0.2, 0.25) is 0 Å². The molecule has 1 N–H and O–H groups in total. The van der Waals surface area contributed by atoms with Crippen molar-refractivity contribution in [2.75, 3.05) is 6.54 Å². The van der Waals surface area contributed by atoms with Crippen LogP contribution in [0.25, 0.3) is 0 Å². The average Bonchev–Trinajstić information content (AvgIpc) is 3.06. The van der Waals surface area contributed by atoms with Crippen LogP contribution in [0.3, 0.4) is 0 Å². The van der Waals surface area contributed by atoms with E-state index < -0.39 is 10.0 Å². The van der Waals surface area contributed by atoms with Crippen molar-refractivity contribution in [1.82, 2.24) is 4.72 Å². The fourth-order valence-corrected chi connectivity index (χ4v) is 2.96. The molecule has 4 nitrogen and oxygen atoms in total. The lowest BCUT2D eigenvalue weighted by Crippen LogP contribution is -2.29. The van der Waals surface area contributed by atoms with E-state index in [1.807, 2.05) is 6.07 Å². The van der Waals surface area contributed by atoms with E-state index in [2.05, 4.69) is 11.6 Å². The van der Waals surface area contributed by atoms with Gasteiger partial charge in [-0.2, -0.15) is 5.26 Å². The van der Waals surface area contributed by atoms with Gasteiger partial charge in [0.25, 0.3) is 0 Å². The van der Waals surface area contributed by atoms with Gasteiger partial charge in [0.2, 0.25) is 10.0 Å². The van der Waals surface area contributed by atoms with E-state index in [9.17, 15) is 8.42 Å². The van der Waals surface area contributed by atoms with Crippen molar-refractivity contribution < 1.29 is 8.42 Å². The van der Waals surface area contributed by atoms with Gasteiger partial charge in [-0.05, 0) is 48.9 Å². The molecule has 1 aliphatic carbocycles. The number of nitrogens with one attached hydrogen (secondary N) is 1. The monoisotopic (exact) mass is 264 g/mol. The summed E-state index contributed by atoms with van der Waals surface area (Å²) in [7, 11) is -3.46. The van der Waals surface area contributed by atoms with E-state index in [1.54, 1.807) is 13.0 Å². The Bertz CT molecular complexity index is 610. The summed E-state index contributed by atoms with van der Waals surface area (Å²) in [5.41, 5.74) is 1.32. The molecule has 1 saturated carbocycles. The van der Waals surface area contributed by atoms with Crippen molar-refractivity contribution in [2.24, 2.45) is 5.41 Å². The molecular formula is C13H16N2O2S. The van der Waals surface area contributed by atoms with Gasteiger partial charge in [0, 0.05) is 6.54 Å². The average molecular weight is 264 g/mol. The summed E-state index contributed by atoms with van der Waals surface area (Å²) in [5.74, 6) is 0. The number of hydrogen-bond acceptors (Lipinski definition) is 3. The summed E-state index contributed by atoms with van der Waals surface area (Å²) in [6.07, 6.45) is 2.14. The number of aryl methyl sites for hydroxylation is 1. The van der Waals surface area contributed by atoms with Gasteiger partial charge in [-0.1, -0.05) is 6.92 Å². The predicted octanol–water partition coefficient (Wildman–Crippen LogP) is 1.95. The summed E-state index contributed by atoms with van der Waals surface area (Å²) >= 11 is 0. The molecule has 1 aliphatic rings. The summed E-state index contributed by atoms with van der Waals surface area (Å²) < 4.78 is 26.8. The molecule has 1 aromatic rings. The first-order valence-corrected chi connectivity index (χ1v) is 7.35. The quantitative estimate of drug-likeness (QED) is 0.903. The molecule has 0 heterocycles.